The predicted molar refractivity (Wildman–Crippen MR) is 137 cm³/mol. The maximum atomic E-state index is 13.3. The molecule has 0 unspecified atom stereocenters. The van der Waals surface area contributed by atoms with Gasteiger partial charge in [-0.15, -0.1) is 0 Å². The van der Waals surface area contributed by atoms with Crippen molar-refractivity contribution >= 4 is 34.9 Å². The number of halogens is 1. The second-order valence-corrected chi connectivity index (χ2v) is 9.07. The van der Waals surface area contributed by atoms with Crippen molar-refractivity contribution in [2.75, 3.05) is 11.1 Å². The smallest absolute Gasteiger partial charge is 0.258 e. The monoisotopic (exact) mass is 485 g/mol. The van der Waals surface area contributed by atoms with Crippen LogP contribution >= 0.6 is 11.6 Å². The van der Waals surface area contributed by atoms with Crippen molar-refractivity contribution in [2.45, 2.75) is 25.7 Å². The Morgan fingerprint density at radius 2 is 1.83 bits per heavy atom. The number of hydrogen-bond acceptors (Lipinski definition) is 5. The van der Waals surface area contributed by atoms with Crippen molar-refractivity contribution in [1.82, 2.24) is 14.8 Å². The molecule has 5 rings (SSSR count). The van der Waals surface area contributed by atoms with Crippen molar-refractivity contribution < 1.29 is 9.59 Å². The first kappa shape index (κ1) is 22.8. The predicted octanol–water partition coefficient (Wildman–Crippen LogP) is 5.80. The number of nitrogen functional groups attached to an aromatic ring is 1. The Morgan fingerprint density at radius 3 is 2.57 bits per heavy atom. The average Bonchev–Trinajstić information content (AvgIpc) is 3.61. The number of amides is 1. The normalized spacial score (nSPS) is 12.9. The minimum Gasteiger partial charge on any atom is -0.384 e. The summed E-state index contributed by atoms with van der Waals surface area (Å²) in [7, 11) is 0. The molecule has 1 fully saturated rings. The molecule has 3 N–H and O–H groups in total. The van der Waals surface area contributed by atoms with Gasteiger partial charge in [0.25, 0.3) is 5.91 Å². The number of pyridine rings is 1. The lowest BCUT2D eigenvalue weighted by Gasteiger charge is -2.11. The summed E-state index contributed by atoms with van der Waals surface area (Å²) in [6.45, 7) is 0. The van der Waals surface area contributed by atoms with Crippen LogP contribution in [0.25, 0.3) is 16.9 Å². The van der Waals surface area contributed by atoms with Gasteiger partial charge in [-0.25, -0.2) is 9.67 Å². The molecular formula is C27H24ClN5O2. The Labute approximate surface area is 207 Å². The maximum absolute atomic E-state index is 13.3. The number of nitrogens with two attached hydrogens (primary N) is 1. The minimum absolute atomic E-state index is 0.0325. The number of nitrogens with zero attached hydrogens (tertiary/aromatic N) is 3. The van der Waals surface area contributed by atoms with E-state index in [4.69, 9.17) is 17.3 Å². The van der Waals surface area contributed by atoms with Gasteiger partial charge < -0.3 is 11.1 Å². The molecule has 0 bridgehead atoms. The summed E-state index contributed by atoms with van der Waals surface area (Å²) in [5.74, 6) is 0.969. The van der Waals surface area contributed by atoms with Crippen molar-refractivity contribution in [3.8, 4) is 16.9 Å². The SMILES string of the molecule is Nc1cccc(-c2ccc(Cl)c(C(=O)Nc3cc(C(=O)CCC4CC4)nn3-c3ccccc3)c2)n1. The van der Waals surface area contributed by atoms with Gasteiger partial charge >= 0.3 is 0 Å². The molecule has 1 amide bonds. The molecule has 1 aliphatic rings. The van der Waals surface area contributed by atoms with Crippen LogP contribution in [-0.4, -0.2) is 26.5 Å². The fraction of sp³-hybridized carbons (Fsp3) is 0.185. The third-order valence-electron chi connectivity index (χ3n) is 5.99. The topological polar surface area (TPSA) is 103 Å². The third-order valence-corrected chi connectivity index (χ3v) is 6.32. The summed E-state index contributed by atoms with van der Waals surface area (Å²) in [5, 5.41) is 7.70. The number of hydrogen-bond donors (Lipinski definition) is 2. The zero-order chi connectivity index (χ0) is 24.4. The van der Waals surface area contributed by atoms with Crippen molar-refractivity contribution in [3.05, 3.63) is 89.1 Å². The summed E-state index contributed by atoms with van der Waals surface area (Å²) in [4.78, 5) is 30.4. The number of aromatic nitrogens is 3. The second kappa shape index (κ2) is 9.72. The average molecular weight is 486 g/mol. The summed E-state index contributed by atoms with van der Waals surface area (Å²) in [6.07, 6.45) is 3.71. The molecule has 2 aromatic heterocycles. The Hall–Kier alpha value is -3.97. The third kappa shape index (κ3) is 5.25. The Balaban J connectivity index is 1.45. The van der Waals surface area contributed by atoms with Crippen LogP contribution in [0.5, 0.6) is 0 Å². The molecular weight excluding hydrogens is 462 g/mol. The van der Waals surface area contributed by atoms with Crippen LogP contribution in [0, 0.1) is 5.92 Å². The summed E-state index contributed by atoms with van der Waals surface area (Å²) in [6, 6.07) is 21.4. The number of carbonyl (C=O) groups excluding carboxylic acids is 2. The second-order valence-electron chi connectivity index (χ2n) is 8.66. The number of para-hydroxylation sites is 1. The standard InChI is InChI=1S/C27H24ClN5O2/c28-21-13-12-18(22-7-4-8-25(29)30-22)15-20(21)27(35)31-26-16-23(24(34)14-11-17-9-10-17)32-33(26)19-5-2-1-3-6-19/h1-8,12-13,15-17H,9-11,14H2,(H2,29,30)(H,31,35). The van der Waals surface area contributed by atoms with Crippen LogP contribution < -0.4 is 11.1 Å². The number of anilines is 2. The highest BCUT2D eigenvalue weighted by molar-refractivity contribution is 6.34. The van der Waals surface area contributed by atoms with Gasteiger partial charge in [0.05, 0.1) is 22.0 Å². The first-order valence-electron chi connectivity index (χ1n) is 11.5. The lowest BCUT2D eigenvalue weighted by molar-refractivity contribution is 0.0971. The van der Waals surface area contributed by atoms with Crippen LogP contribution in [-0.2, 0) is 0 Å². The van der Waals surface area contributed by atoms with E-state index in [2.05, 4.69) is 15.4 Å². The van der Waals surface area contributed by atoms with Crippen LogP contribution in [0.4, 0.5) is 11.6 Å². The van der Waals surface area contributed by atoms with E-state index >= 15 is 0 Å². The van der Waals surface area contributed by atoms with Gasteiger partial charge in [-0.3, -0.25) is 9.59 Å². The van der Waals surface area contributed by atoms with E-state index in [0.29, 0.717) is 45.9 Å². The molecule has 4 aromatic rings. The Bertz CT molecular complexity index is 1400. The fourth-order valence-electron chi connectivity index (χ4n) is 3.90. The van der Waals surface area contributed by atoms with E-state index in [0.717, 1.165) is 12.1 Å². The fourth-order valence-corrected chi connectivity index (χ4v) is 4.10. The minimum atomic E-state index is -0.421. The van der Waals surface area contributed by atoms with Crippen molar-refractivity contribution in [2.24, 2.45) is 5.92 Å². The molecule has 2 heterocycles. The molecule has 8 heteroatoms. The van der Waals surface area contributed by atoms with E-state index in [1.54, 1.807) is 41.1 Å². The largest absolute Gasteiger partial charge is 0.384 e. The summed E-state index contributed by atoms with van der Waals surface area (Å²) < 4.78 is 1.57. The van der Waals surface area contributed by atoms with Gasteiger partial charge in [0, 0.05) is 18.1 Å². The molecule has 35 heavy (non-hydrogen) atoms. The van der Waals surface area contributed by atoms with Crippen LogP contribution in [0.3, 0.4) is 0 Å². The van der Waals surface area contributed by atoms with Crippen molar-refractivity contribution in [1.29, 1.82) is 0 Å². The number of Topliss-reactive ketones (excluding diaryl/α,β-unsaturated/α-hetero) is 1. The Morgan fingerprint density at radius 1 is 1.03 bits per heavy atom. The molecule has 7 nitrogen and oxygen atoms in total. The molecule has 0 saturated heterocycles. The first-order chi connectivity index (χ1) is 17.0. The molecule has 0 atom stereocenters. The van der Waals surface area contributed by atoms with Crippen LogP contribution in [0.2, 0.25) is 5.02 Å². The highest BCUT2D eigenvalue weighted by atomic mass is 35.5. The maximum Gasteiger partial charge on any atom is 0.258 e. The quantitative estimate of drug-likeness (QED) is 0.307. The van der Waals surface area contributed by atoms with Gasteiger partial charge in [-0.05, 0) is 48.7 Å². The molecule has 2 aromatic carbocycles. The van der Waals surface area contributed by atoms with Crippen LogP contribution in [0.1, 0.15) is 46.5 Å². The van der Waals surface area contributed by atoms with Crippen LogP contribution in [0.15, 0.2) is 72.8 Å². The van der Waals surface area contributed by atoms with Gasteiger partial charge in [-0.2, -0.15) is 5.10 Å². The number of rotatable bonds is 8. The van der Waals surface area contributed by atoms with Gasteiger partial charge in [0.1, 0.15) is 17.3 Å². The highest BCUT2D eigenvalue weighted by Gasteiger charge is 2.24. The molecule has 1 aliphatic carbocycles. The highest BCUT2D eigenvalue weighted by Crippen LogP contribution is 2.34. The molecule has 176 valence electrons. The van der Waals surface area contributed by atoms with Crippen molar-refractivity contribution in [3.63, 3.8) is 0 Å². The molecule has 0 radical (unpaired) electrons. The zero-order valence-electron chi connectivity index (χ0n) is 18.9. The van der Waals surface area contributed by atoms with Gasteiger partial charge in [0.2, 0.25) is 0 Å². The van der Waals surface area contributed by atoms with E-state index in [1.165, 1.54) is 12.8 Å². The van der Waals surface area contributed by atoms with E-state index in [1.807, 2.05) is 36.4 Å². The lowest BCUT2D eigenvalue weighted by Crippen LogP contribution is -2.15. The summed E-state index contributed by atoms with van der Waals surface area (Å²) in [5.41, 5.74) is 8.48. The lowest BCUT2D eigenvalue weighted by atomic mass is 10.1. The van der Waals surface area contributed by atoms with Gasteiger partial charge in [-0.1, -0.05) is 54.8 Å². The van der Waals surface area contributed by atoms with E-state index in [-0.39, 0.29) is 11.3 Å². The van der Waals surface area contributed by atoms with Gasteiger partial charge in [0.15, 0.2) is 5.78 Å². The van der Waals surface area contributed by atoms with E-state index in [9.17, 15) is 9.59 Å². The zero-order valence-corrected chi connectivity index (χ0v) is 19.7. The summed E-state index contributed by atoms with van der Waals surface area (Å²) >= 11 is 6.38. The number of carbonyl (C=O) groups is 2. The Kier molecular flexibility index (Phi) is 6.33. The number of ketones is 1. The van der Waals surface area contributed by atoms with E-state index < -0.39 is 5.91 Å². The first-order valence-corrected chi connectivity index (χ1v) is 11.9. The molecule has 1 saturated carbocycles. The molecule has 0 spiro atoms. The molecule has 0 aliphatic heterocycles. The number of benzene rings is 2. The number of nitrogens with one attached hydrogen (secondary N) is 1.